The Morgan fingerprint density at radius 3 is 2.44 bits per heavy atom. The van der Waals surface area contributed by atoms with E-state index in [2.05, 4.69) is 10.3 Å². The van der Waals surface area contributed by atoms with Crippen LogP contribution in [0.15, 0.2) is 0 Å². The summed E-state index contributed by atoms with van der Waals surface area (Å²) >= 11 is 1.64. The second-order valence-corrected chi connectivity index (χ2v) is 4.87. The van der Waals surface area contributed by atoms with E-state index < -0.39 is 0 Å². The Labute approximate surface area is 101 Å². The van der Waals surface area contributed by atoms with Gasteiger partial charge >= 0.3 is 6.03 Å². The van der Waals surface area contributed by atoms with Gasteiger partial charge < -0.3 is 10.2 Å². The maximum Gasteiger partial charge on any atom is 0.317 e. The van der Waals surface area contributed by atoms with Gasteiger partial charge in [0.1, 0.15) is 5.01 Å². The Bertz CT molecular complexity index is 339. The van der Waals surface area contributed by atoms with Crippen molar-refractivity contribution in [3.63, 3.8) is 0 Å². The van der Waals surface area contributed by atoms with Crippen molar-refractivity contribution in [1.29, 1.82) is 0 Å². The second kappa shape index (κ2) is 5.84. The molecule has 90 valence electrons. The summed E-state index contributed by atoms with van der Waals surface area (Å²) in [4.78, 5) is 19.0. The van der Waals surface area contributed by atoms with Gasteiger partial charge in [0.2, 0.25) is 0 Å². The summed E-state index contributed by atoms with van der Waals surface area (Å²) in [6.07, 6.45) is 0. The lowest BCUT2D eigenvalue weighted by Crippen LogP contribution is -2.39. The third-order valence-electron chi connectivity index (χ3n) is 2.51. The summed E-state index contributed by atoms with van der Waals surface area (Å²) in [6.45, 7) is 9.97. The third kappa shape index (κ3) is 3.20. The minimum absolute atomic E-state index is 0.0180. The van der Waals surface area contributed by atoms with Gasteiger partial charge in [0.15, 0.2) is 0 Å². The first-order chi connectivity index (χ1) is 7.58. The van der Waals surface area contributed by atoms with Crippen molar-refractivity contribution in [2.75, 3.05) is 13.1 Å². The lowest BCUT2D eigenvalue weighted by atomic mass is 10.4. The number of rotatable bonds is 4. The number of amides is 2. The van der Waals surface area contributed by atoms with E-state index >= 15 is 0 Å². The SMILES string of the molecule is CCN(CC)C(=O)NCc1nc(C)c(C)s1. The summed E-state index contributed by atoms with van der Waals surface area (Å²) in [6, 6.07) is -0.0180. The molecule has 2 amide bonds. The largest absolute Gasteiger partial charge is 0.331 e. The van der Waals surface area contributed by atoms with Gasteiger partial charge in [-0.2, -0.15) is 0 Å². The molecule has 0 spiro atoms. The molecule has 0 aliphatic rings. The molecule has 0 aliphatic carbocycles. The number of carbonyl (C=O) groups is 1. The Morgan fingerprint density at radius 1 is 1.38 bits per heavy atom. The van der Waals surface area contributed by atoms with Crippen LogP contribution in [0, 0.1) is 13.8 Å². The van der Waals surface area contributed by atoms with E-state index in [0.29, 0.717) is 6.54 Å². The number of aromatic nitrogens is 1. The highest BCUT2D eigenvalue weighted by molar-refractivity contribution is 7.11. The minimum Gasteiger partial charge on any atom is -0.331 e. The Hall–Kier alpha value is -1.10. The van der Waals surface area contributed by atoms with Crippen molar-refractivity contribution < 1.29 is 4.79 Å². The number of thiazole rings is 1. The number of carbonyl (C=O) groups excluding carboxylic acids is 1. The van der Waals surface area contributed by atoms with Crippen LogP contribution in [0.2, 0.25) is 0 Å². The van der Waals surface area contributed by atoms with Crippen molar-refractivity contribution in [3.05, 3.63) is 15.6 Å². The van der Waals surface area contributed by atoms with E-state index in [0.717, 1.165) is 23.8 Å². The maximum absolute atomic E-state index is 11.7. The van der Waals surface area contributed by atoms with Crippen LogP contribution in [0.25, 0.3) is 0 Å². The monoisotopic (exact) mass is 241 g/mol. The third-order valence-corrected chi connectivity index (χ3v) is 3.59. The predicted molar refractivity (Wildman–Crippen MR) is 66.7 cm³/mol. The molecule has 0 atom stereocenters. The number of nitrogens with one attached hydrogen (secondary N) is 1. The summed E-state index contributed by atoms with van der Waals surface area (Å²) in [7, 11) is 0. The van der Waals surface area contributed by atoms with Crippen LogP contribution in [0.1, 0.15) is 29.4 Å². The first-order valence-corrected chi connectivity index (χ1v) is 6.35. The zero-order valence-electron chi connectivity index (χ0n) is 10.3. The molecule has 0 radical (unpaired) electrons. The Kier molecular flexibility index (Phi) is 4.73. The van der Waals surface area contributed by atoms with Crippen molar-refractivity contribution >= 4 is 17.4 Å². The molecule has 4 nitrogen and oxygen atoms in total. The number of aryl methyl sites for hydroxylation is 2. The summed E-state index contributed by atoms with van der Waals surface area (Å²) in [5.41, 5.74) is 1.05. The Balaban J connectivity index is 2.48. The van der Waals surface area contributed by atoms with Gasteiger partial charge in [-0.3, -0.25) is 0 Å². The fourth-order valence-electron chi connectivity index (χ4n) is 1.39. The van der Waals surface area contributed by atoms with E-state index in [9.17, 15) is 4.79 Å². The predicted octanol–water partition coefficient (Wildman–Crippen LogP) is 2.31. The van der Waals surface area contributed by atoms with Crippen LogP contribution < -0.4 is 5.32 Å². The van der Waals surface area contributed by atoms with Gasteiger partial charge in [-0.25, -0.2) is 9.78 Å². The van der Waals surface area contributed by atoms with Gasteiger partial charge in [0.05, 0.1) is 12.2 Å². The molecule has 0 bridgehead atoms. The molecule has 0 aromatic carbocycles. The van der Waals surface area contributed by atoms with Crippen molar-refractivity contribution in [2.24, 2.45) is 0 Å². The molecule has 0 saturated carbocycles. The van der Waals surface area contributed by atoms with Crippen LogP contribution >= 0.6 is 11.3 Å². The molecular formula is C11H19N3OS. The zero-order chi connectivity index (χ0) is 12.1. The van der Waals surface area contributed by atoms with E-state index in [1.54, 1.807) is 16.2 Å². The average molecular weight is 241 g/mol. The Morgan fingerprint density at radius 2 is 2.00 bits per heavy atom. The van der Waals surface area contributed by atoms with Gasteiger partial charge in [0.25, 0.3) is 0 Å². The number of hydrogen-bond donors (Lipinski definition) is 1. The highest BCUT2D eigenvalue weighted by Gasteiger charge is 2.10. The van der Waals surface area contributed by atoms with Crippen molar-refractivity contribution in [3.8, 4) is 0 Å². The molecule has 1 heterocycles. The summed E-state index contributed by atoms with van der Waals surface area (Å²) in [5, 5.41) is 3.84. The highest BCUT2D eigenvalue weighted by atomic mass is 32.1. The van der Waals surface area contributed by atoms with E-state index in [1.165, 1.54) is 4.88 Å². The van der Waals surface area contributed by atoms with Crippen LogP contribution in [0.4, 0.5) is 4.79 Å². The van der Waals surface area contributed by atoms with E-state index in [4.69, 9.17) is 0 Å². The fourth-order valence-corrected chi connectivity index (χ4v) is 2.26. The molecule has 16 heavy (non-hydrogen) atoms. The highest BCUT2D eigenvalue weighted by Crippen LogP contribution is 2.15. The van der Waals surface area contributed by atoms with Crippen LogP contribution in [-0.2, 0) is 6.54 Å². The molecule has 1 aromatic heterocycles. The topological polar surface area (TPSA) is 45.2 Å². The maximum atomic E-state index is 11.7. The molecule has 0 fully saturated rings. The molecule has 0 saturated heterocycles. The molecule has 0 aliphatic heterocycles. The lowest BCUT2D eigenvalue weighted by molar-refractivity contribution is 0.203. The van der Waals surface area contributed by atoms with E-state index in [1.807, 2.05) is 27.7 Å². The van der Waals surface area contributed by atoms with Crippen LogP contribution in [-0.4, -0.2) is 29.0 Å². The van der Waals surface area contributed by atoms with Crippen LogP contribution in [0.5, 0.6) is 0 Å². The van der Waals surface area contributed by atoms with Crippen LogP contribution in [0.3, 0.4) is 0 Å². The molecule has 0 unspecified atom stereocenters. The number of urea groups is 1. The fraction of sp³-hybridized carbons (Fsp3) is 0.636. The van der Waals surface area contributed by atoms with Crippen molar-refractivity contribution in [2.45, 2.75) is 34.2 Å². The van der Waals surface area contributed by atoms with Gasteiger partial charge in [0, 0.05) is 18.0 Å². The molecule has 1 rings (SSSR count). The molecule has 1 aromatic rings. The smallest absolute Gasteiger partial charge is 0.317 e. The van der Waals surface area contributed by atoms with E-state index in [-0.39, 0.29) is 6.03 Å². The van der Waals surface area contributed by atoms with Gasteiger partial charge in [-0.15, -0.1) is 11.3 Å². The lowest BCUT2D eigenvalue weighted by Gasteiger charge is -2.18. The van der Waals surface area contributed by atoms with Gasteiger partial charge in [-0.1, -0.05) is 0 Å². The standard InChI is InChI=1S/C11H19N3OS/c1-5-14(6-2)11(15)12-7-10-13-8(3)9(4)16-10/h5-7H2,1-4H3,(H,12,15). The quantitative estimate of drug-likeness (QED) is 0.879. The number of nitrogens with zero attached hydrogens (tertiary/aromatic N) is 2. The molecule has 5 heteroatoms. The van der Waals surface area contributed by atoms with Crippen molar-refractivity contribution in [1.82, 2.24) is 15.2 Å². The molecular weight excluding hydrogens is 222 g/mol. The minimum atomic E-state index is -0.0180. The summed E-state index contributed by atoms with van der Waals surface area (Å²) in [5.74, 6) is 0. The summed E-state index contributed by atoms with van der Waals surface area (Å²) < 4.78 is 0. The van der Waals surface area contributed by atoms with Gasteiger partial charge in [-0.05, 0) is 27.7 Å². The first-order valence-electron chi connectivity index (χ1n) is 5.54. The number of hydrogen-bond acceptors (Lipinski definition) is 3. The molecule has 1 N–H and O–H groups in total. The zero-order valence-corrected chi connectivity index (χ0v) is 11.1. The second-order valence-electron chi connectivity index (χ2n) is 3.58. The normalized spacial score (nSPS) is 10.2. The first kappa shape index (κ1) is 13.0. The average Bonchev–Trinajstić information content (AvgIpc) is 2.57.